The Morgan fingerprint density at radius 3 is 2.50 bits per heavy atom. The largest absolute Gasteiger partial charge is 0.481 e. The maximum absolute atomic E-state index is 12.1. The van der Waals surface area contributed by atoms with E-state index >= 15 is 0 Å². The molecule has 1 aromatic heterocycles. The number of hydrogen-bond acceptors (Lipinski definition) is 3. The maximum atomic E-state index is 12.1. The van der Waals surface area contributed by atoms with E-state index in [4.69, 9.17) is 5.11 Å². The van der Waals surface area contributed by atoms with Crippen LogP contribution in [0, 0.1) is 0 Å². The predicted molar refractivity (Wildman–Crippen MR) is 72.6 cm³/mol. The quantitative estimate of drug-likeness (QED) is 0.752. The highest BCUT2D eigenvalue weighted by Gasteiger charge is 2.23. The van der Waals surface area contributed by atoms with Crippen molar-refractivity contribution in [2.24, 2.45) is 0 Å². The molecule has 0 spiro atoms. The number of nitrogens with one attached hydrogen (secondary N) is 2. The number of carboxylic acid groups (broad SMARTS) is 1. The number of aromatic nitrogens is 1. The third kappa shape index (κ3) is 3.46. The molecule has 1 aromatic carbocycles. The summed E-state index contributed by atoms with van der Waals surface area (Å²) in [4.78, 5) is 13.6. The van der Waals surface area contributed by atoms with Crippen LogP contribution in [-0.4, -0.2) is 24.5 Å². The van der Waals surface area contributed by atoms with Crippen molar-refractivity contribution in [3.8, 4) is 0 Å². The molecular weight excluding hydrogens is 280 g/mol. The summed E-state index contributed by atoms with van der Waals surface area (Å²) in [5.74, 6) is -1.07. The van der Waals surface area contributed by atoms with Gasteiger partial charge < -0.3 is 10.1 Å². The van der Waals surface area contributed by atoms with E-state index in [0.29, 0.717) is 5.56 Å². The van der Waals surface area contributed by atoms with Gasteiger partial charge in [0.2, 0.25) is 10.0 Å². The normalized spacial score (nSPS) is 13.0. The molecule has 0 fully saturated rings. The minimum absolute atomic E-state index is 0.0730. The lowest BCUT2D eigenvalue weighted by Gasteiger charge is -2.17. The molecule has 2 rings (SSSR count). The van der Waals surface area contributed by atoms with E-state index in [0.717, 1.165) is 0 Å². The van der Waals surface area contributed by atoms with E-state index < -0.39 is 22.0 Å². The van der Waals surface area contributed by atoms with Gasteiger partial charge in [-0.25, -0.2) is 13.1 Å². The Morgan fingerprint density at radius 1 is 1.25 bits per heavy atom. The smallest absolute Gasteiger partial charge is 0.305 e. The van der Waals surface area contributed by atoms with Gasteiger partial charge in [0.05, 0.1) is 17.4 Å². The lowest BCUT2D eigenvalue weighted by Crippen LogP contribution is -2.30. The van der Waals surface area contributed by atoms with Crippen molar-refractivity contribution in [3.05, 3.63) is 54.4 Å². The summed E-state index contributed by atoms with van der Waals surface area (Å²) in [6.45, 7) is 0. The molecule has 0 amide bonds. The van der Waals surface area contributed by atoms with Crippen LogP contribution >= 0.6 is 0 Å². The molecule has 6 nitrogen and oxygen atoms in total. The molecule has 0 aliphatic carbocycles. The Labute approximate surface area is 116 Å². The van der Waals surface area contributed by atoms with Crippen molar-refractivity contribution < 1.29 is 18.3 Å². The summed E-state index contributed by atoms with van der Waals surface area (Å²) in [5.41, 5.74) is 0.606. The van der Waals surface area contributed by atoms with E-state index in [2.05, 4.69) is 9.71 Å². The molecule has 3 N–H and O–H groups in total. The van der Waals surface area contributed by atoms with E-state index in [1.165, 1.54) is 18.5 Å². The Morgan fingerprint density at radius 2 is 1.95 bits per heavy atom. The van der Waals surface area contributed by atoms with Crippen molar-refractivity contribution in [2.75, 3.05) is 0 Å². The molecule has 1 heterocycles. The number of benzene rings is 1. The zero-order chi connectivity index (χ0) is 14.6. The third-order valence-electron chi connectivity index (χ3n) is 2.76. The van der Waals surface area contributed by atoms with Gasteiger partial charge in [0.15, 0.2) is 0 Å². The zero-order valence-corrected chi connectivity index (χ0v) is 11.3. The molecule has 106 valence electrons. The molecule has 0 aliphatic rings. The number of aliphatic carboxylic acids is 1. The number of carboxylic acids is 1. The lowest BCUT2D eigenvalue weighted by molar-refractivity contribution is -0.137. The second kappa shape index (κ2) is 5.89. The van der Waals surface area contributed by atoms with Crippen LogP contribution in [0.4, 0.5) is 0 Å². The zero-order valence-electron chi connectivity index (χ0n) is 10.5. The van der Waals surface area contributed by atoms with Crippen molar-refractivity contribution in [2.45, 2.75) is 17.4 Å². The maximum Gasteiger partial charge on any atom is 0.305 e. The number of sulfonamides is 1. The molecule has 2 aromatic rings. The number of H-pyrrole nitrogens is 1. The number of aromatic amines is 1. The van der Waals surface area contributed by atoms with Crippen LogP contribution in [0.1, 0.15) is 18.0 Å². The minimum Gasteiger partial charge on any atom is -0.481 e. The Hall–Kier alpha value is -2.12. The van der Waals surface area contributed by atoms with Gasteiger partial charge in [-0.3, -0.25) is 4.79 Å². The van der Waals surface area contributed by atoms with Gasteiger partial charge in [0.25, 0.3) is 0 Å². The Kier molecular flexibility index (Phi) is 4.21. The highest BCUT2D eigenvalue weighted by Crippen LogP contribution is 2.20. The van der Waals surface area contributed by atoms with Crippen LogP contribution in [0.2, 0.25) is 0 Å². The fourth-order valence-electron chi connectivity index (χ4n) is 1.82. The second-order valence-corrected chi connectivity index (χ2v) is 5.94. The fraction of sp³-hybridized carbons (Fsp3) is 0.154. The van der Waals surface area contributed by atoms with E-state index in [9.17, 15) is 13.2 Å². The second-order valence-electron chi connectivity index (χ2n) is 4.23. The van der Waals surface area contributed by atoms with Crippen LogP contribution < -0.4 is 4.72 Å². The van der Waals surface area contributed by atoms with Gasteiger partial charge in [-0.2, -0.15) is 0 Å². The molecule has 0 bridgehead atoms. The molecule has 7 heteroatoms. The summed E-state index contributed by atoms with van der Waals surface area (Å²) < 4.78 is 26.7. The molecule has 0 aliphatic heterocycles. The fourth-order valence-corrected chi connectivity index (χ4v) is 3.02. The standard InChI is InChI=1S/C13H14N2O4S/c16-13(17)8-12(10-4-2-1-3-5-10)15-20(18,19)11-6-7-14-9-11/h1-7,9,12,14-15H,8H2,(H,16,17). The van der Waals surface area contributed by atoms with Crippen molar-refractivity contribution in [3.63, 3.8) is 0 Å². The summed E-state index contributed by atoms with van der Waals surface area (Å²) in [5, 5.41) is 8.93. The van der Waals surface area contributed by atoms with Gasteiger partial charge in [-0.15, -0.1) is 0 Å². The third-order valence-corrected chi connectivity index (χ3v) is 4.23. The highest BCUT2D eigenvalue weighted by molar-refractivity contribution is 7.89. The summed E-state index contributed by atoms with van der Waals surface area (Å²) in [6, 6.07) is 9.21. The molecule has 20 heavy (non-hydrogen) atoms. The lowest BCUT2D eigenvalue weighted by atomic mass is 10.1. The first-order valence-corrected chi connectivity index (χ1v) is 7.39. The minimum atomic E-state index is -3.75. The van der Waals surface area contributed by atoms with Crippen molar-refractivity contribution in [1.82, 2.24) is 9.71 Å². The summed E-state index contributed by atoms with van der Waals surface area (Å²) in [6.07, 6.45) is 2.50. The molecule has 0 saturated carbocycles. The topological polar surface area (TPSA) is 99.3 Å². The monoisotopic (exact) mass is 294 g/mol. The van der Waals surface area contributed by atoms with Gasteiger partial charge in [-0.05, 0) is 11.6 Å². The highest BCUT2D eigenvalue weighted by atomic mass is 32.2. The Bertz CT molecular complexity index is 666. The number of hydrogen-bond donors (Lipinski definition) is 3. The van der Waals surface area contributed by atoms with Gasteiger partial charge >= 0.3 is 5.97 Å². The first kappa shape index (κ1) is 14.3. The first-order valence-electron chi connectivity index (χ1n) is 5.91. The van der Waals surface area contributed by atoms with Gasteiger partial charge in [0.1, 0.15) is 0 Å². The molecule has 1 unspecified atom stereocenters. The molecule has 0 saturated heterocycles. The van der Waals surface area contributed by atoms with Crippen LogP contribution in [0.5, 0.6) is 0 Å². The summed E-state index contributed by atoms with van der Waals surface area (Å²) in [7, 11) is -3.75. The summed E-state index contributed by atoms with van der Waals surface area (Å²) >= 11 is 0. The average molecular weight is 294 g/mol. The van der Waals surface area contributed by atoms with E-state index in [-0.39, 0.29) is 11.3 Å². The number of rotatable bonds is 6. The van der Waals surface area contributed by atoms with Crippen molar-refractivity contribution in [1.29, 1.82) is 0 Å². The molecule has 1 atom stereocenters. The SMILES string of the molecule is O=C(O)CC(NS(=O)(=O)c1cc[nH]c1)c1ccccc1. The predicted octanol–water partition coefficient (Wildman–Crippen LogP) is 1.51. The number of carbonyl (C=O) groups is 1. The van der Waals surface area contributed by atoms with Gasteiger partial charge in [0, 0.05) is 12.4 Å². The molecule has 0 radical (unpaired) electrons. The average Bonchev–Trinajstić information content (AvgIpc) is 2.93. The van der Waals surface area contributed by atoms with Crippen molar-refractivity contribution >= 4 is 16.0 Å². The van der Waals surface area contributed by atoms with Crippen LogP contribution in [0.15, 0.2) is 53.7 Å². The molecular formula is C13H14N2O4S. The van der Waals surface area contributed by atoms with Crippen LogP contribution in [0.25, 0.3) is 0 Å². The van der Waals surface area contributed by atoms with Gasteiger partial charge in [-0.1, -0.05) is 30.3 Å². The van der Waals surface area contributed by atoms with Crippen LogP contribution in [-0.2, 0) is 14.8 Å². The van der Waals surface area contributed by atoms with Crippen LogP contribution in [0.3, 0.4) is 0 Å². The first-order chi connectivity index (χ1) is 9.49. The van der Waals surface area contributed by atoms with E-state index in [1.54, 1.807) is 30.3 Å². The Balaban J connectivity index is 2.27. The van der Waals surface area contributed by atoms with E-state index in [1.807, 2.05) is 0 Å².